The minimum atomic E-state index is -3.90. The summed E-state index contributed by atoms with van der Waals surface area (Å²) in [5, 5.41) is 2.60. The Balaban J connectivity index is 2.06. The number of methoxy groups -OCH3 is 1. The van der Waals surface area contributed by atoms with Gasteiger partial charge in [0.1, 0.15) is 5.75 Å². The molecule has 2 N–H and O–H groups in total. The van der Waals surface area contributed by atoms with Gasteiger partial charge in [-0.1, -0.05) is 0 Å². The summed E-state index contributed by atoms with van der Waals surface area (Å²) in [6.07, 6.45) is 0. The molecule has 156 valence electrons. The molecule has 1 amide bonds. The van der Waals surface area contributed by atoms with Crippen LogP contribution < -0.4 is 14.8 Å². The van der Waals surface area contributed by atoms with Gasteiger partial charge >= 0.3 is 5.97 Å². The normalized spacial score (nSPS) is 12.1. The lowest BCUT2D eigenvalue weighted by molar-refractivity contribution is -0.117. The first kappa shape index (κ1) is 22.4. The molecule has 0 spiro atoms. The number of nitrogens with one attached hydrogen (secondary N) is 2. The molecule has 0 unspecified atom stereocenters. The zero-order valence-electron chi connectivity index (χ0n) is 16.7. The fraction of sp³-hybridized carbons (Fsp3) is 0.300. The lowest BCUT2D eigenvalue weighted by Gasteiger charge is -2.15. The highest BCUT2D eigenvalue weighted by Gasteiger charge is 2.23. The van der Waals surface area contributed by atoms with Crippen molar-refractivity contribution in [2.45, 2.75) is 31.7 Å². The Kier molecular flexibility index (Phi) is 7.35. The van der Waals surface area contributed by atoms with Gasteiger partial charge in [0.05, 0.1) is 30.2 Å². The van der Waals surface area contributed by atoms with E-state index in [9.17, 15) is 18.0 Å². The van der Waals surface area contributed by atoms with Crippen molar-refractivity contribution in [2.24, 2.45) is 0 Å². The van der Waals surface area contributed by atoms with Crippen molar-refractivity contribution >= 4 is 27.6 Å². The van der Waals surface area contributed by atoms with Crippen molar-refractivity contribution in [3.8, 4) is 5.75 Å². The fourth-order valence-corrected chi connectivity index (χ4v) is 3.81. The van der Waals surface area contributed by atoms with Gasteiger partial charge in [-0.2, -0.15) is 4.72 Å². The van der Waals surface area contributed by atoms with Crippen LogP contribution in [0.25, 0.3) is 0 Å². The summed E-state index contributed by atoms with van der Waals surface area (Å²) in [5.74, 6) is -0.427. The predicted octanol–water partition coefficient (Wildman–Crippen LogP) is 2.49. The highest BCUT2D eigenvalue weighted by atomic mass is 32.2. The maximum Gasteiger partial charge on any atom is 0.337 e. The zero-order chi connectivity index (χ0) is 21.6. The third-order valence-electron chi connectivity index (χ3n) is 4.06. The van der Waals surface area contributed by atoms with E-state index in [1.807, 2.05) is 6.92 Å². The Labute approximate surface area is 170 Å². The molecule has 8 nitrogen and oxygen atoms in total. The molecule has 2 aromatic rings. The first-order valence-corrected chi connectivity index (χ1v) is 10.4. The quantitative estimate of drug-likeness (QED) is 0.635. The Morgan fingerprint density at radius 3 is 2.31 bits per heavy atom. The number of carbonyl (C=O) groups excluding carboxylic acids is 2. The number of anilines is 1. The number of hydrogen-bond donors (Lipinski definition) is 2. The Morgan fingerprint density at radius 2 is 1.76 bits per heavy atom. The van der Waals surface area contributed by atoms with Gasteiger partial charge in [-0.15, -0.1) is 0 Å². The molecule has 0 aliphatic rings. The van der Waals surface area contributed by atoms with E-state index in [1.54, 1.807) is 13.0 Å². The summed E-state index contributed by atoms with van der Waals surface area (Å²) < 4.78 is 37.6. The molecule has 1 atom stereocenters. The van der Waals surface area contributed by atoms with E-state index in [0.29, 0.717) is 29.2 Å². The van der Waals surface area contributed by atoms with E-state index < -0.39 is 27.9 Å². The molecule has 0 fully saturated rings. The molecule has 0 aliphatic heterocycles. The molecule has 0 bridgehead atoms. The average molecular weight is 420 g/mol. The number of ether oxygens (including phenoxy) is 2. The number of rotatable bonds is 8. The lowest BCUT2D eigenvalue weighted by Crippen LogP contribution is -2.41. The molecule has 0 saturated heterocycles. The molecule has 0 saturated carbocycles. The van der Waals surface area contributed by atoms with Crippen LogP contribution in [0.15, 0.2) is 47.4 Å². The second-order valence-electron chi connectivity index (χ2n) is 6.26. The molecule has 2 aromatic carbocycles. The van der Waals surface area contributed by atoms with E-state index in [-0.39, 0.29) is 4.90 Å². The number of carbonyl (C=O) groups is 2. The van der Waals surface area contributed by atoms with E-state index in [0.717, 1.165) is 0 Å². The van der Waals surface area contributed by atoms with Gasteiger partial charge in [0.25, 0.3) is 0 Å². The monoisotopic (exact) mass is 420 g/mol. The molecule has 9 heteroatoms. The summed E-state index contributed by atoms with van der Waals surface area (Å²) in [6.45, 7) is 5.51. The fourth-order valence-electron chi connectivity index (χ4n) is 2.52. The van der Waals surface area contributed by atoms with E-state index >= 15 is 0 Å². The number of hydrogen-bond acceptors (Lipinski definition) is 6. The molecular weight excluding hydrogens is 396 g/mol. The summed E-state index contributed by atoms with van der Waals surface area (Å²) in [7, 11) is -2.62. The Hall–Kier alpha value is -2.91. The summed E-state index contributed by atoms with van der Waals surface area (Å²) in [5.41, 5.74) is 1.44. The minimum Gasteiger partial charge on any atom is -0.494 e. The molecule has 2 rings (SSSR count). The Morgan fingerprint density at radius 1 is 1.10 bits per heavy atom. The topological polar surface area (TPSA) is 111 Å². The molecular formula is C20H24N2O6S. The first-order chi connectivity index (χ1) is 13.7. The maximum atomic E-state index is 12.6. The number of esters is 1. The molecule has 0 aliphatic carbocycles. The van der Waals surface area contributed by atoms with Crippen molar-refractivity contribution in [1.82, 2.24) is 4.72 Å². The molecule has 0 aromatic heterocycles. The second kappa shape index (κ2) is 9.53. The van der Waals surface area contributed by atoms with Crippen LogP contribution in [-0.2, 0) is 19.6 Å². The predicted molar refractivity (Wildman–Crippen MR) is 109 cm³/mol. The first-order valence-electron chi connectivity index (χ1n) is 8.93. The summed E-state index contributed by atoms with van der Waals surface area (Å²) in [6, 6.07) is 9.54. The van der Waals surface area contributed by atoms with Gasteiger partial charge in [0.15, 0.2) is 0 Å². The van der Waals surface area contributed by atoms with Crippen LogP contribution in [0.1, 0.15) is 29.8 Å². The smallest absolute Gasteiger partial charge is 0.337 e. The number of amides is 1. The van der Waals surface area contributed by atoms with Crippen LogP contribution in [0.5, 0.6) is 5.75 Å². The van der Waals surface area contributed by atoms with Gasteiger partial charge < -0.3 is 14.8 Å². The zero-order valence-corrected chi connectivity index (χ0v) is 17.5. The average Bonchev–Trinajstić information content (AvgIpc) is 2.69. The molecule has 0 radical (unpaired) electrons. The molecule has 29 heavy (non-hydrogen) atoms. The van der Waals surface area contributed by atoms with Crippen LogP contribution in [0.3, 0.4) is 0 Å². The highest BCUT2D eigenvalue weighted by Crippen LogP contribution is 2.22. The van der Waals surface area contributed by atoms with Crippen LogP contribution in [-0.4, -0.2) is 40.1 Å². The second-order valence-corrected chi connectivity index (χ2v) is 7.98. The maximum absolute atomic E-state index is 12.6. The standard InChI is InChI=1S/C20H24N2O6S/c1-5-28-18-11-10-17(12-13(18)2)29(25,26)22-14(3)19(23)21-16-8-6-15(7-9-16)20(24)27-4/h6-12,14,22H,5H2,1-4H3,(H,21,23)/t14-/m1/s1. The van der Waals surface area contributed by atoms with Crippen LogP contribution >= 0.6 is 0 Å². The number of benzene rings is 2. The van der Waals surface area contributed by atoms with E-state index in [2.05, 4.69) is 14.8 Å². The molecule has 0 heterocycles. The highest BCUT2D eigenvalue weighted by molar-refractivity contribution is 7.89. The van der Waals surface area contributed by atoms with Crippen molar-refractivity contribution in [1.29, 1.82) is 0 Å². The summed E-state index contributed by atoms with van der Waals surface area (Å²) in [4.78, 5) is 23.8. The third-order valence-corrected chi connectivity index (χ3v) is 5.59. The van der Waals surface area contributed by atoms with Crippen LogP contribution in [0.4, 0.5) is 5.69 Å². The van der Waals surface area contributed by atoms with Crippen LogP contribution in [0, 0.1) is 6.92 Å². The van der Waals surface area contributed by atoms with Crippen molar-refractivity contribution in [2.75, 3.05) is 19.0 Å². The van der Waals surface area contributed by atoms with Gasteiger partial charge in [-0.25, -0.2) is 13.2 Å². The van der Waals surface area contributed by atoms with Crippen molar-refractivity contribution < 1.29 is 27.5 Å². The minimum absolute atomic E-state index is 0.0422. The summed E-state index contributed by atoms with van der Waals surface area (Å²) >= 11 is 0. The van der Waals surface area contributed by atoms with Crippen molar-refractivity contribution in [3.63, 3.8) is 0 Å². The Bertz CT molecular complexity index is 987. The van der Waals surface area contributed by atoms with E-state index in [4.69, 9.17) is 4.74 Å². The number of aryl methyl sites for hydroxylation is 1. The van der Waals surface area contributed by atoms with Gasteiger partial charge in [-0.05, 0) is 68.8 Å². The van der Waals surface area contributed by atoms with Gasteiger partial charge in [0, 0.05) is 5.69 Å². The largest absolute Gasteiger partial charge is 0.494 e. The van der Waals surface area contributed by atoms with Crippen LogP contribution in [0.2, 0.25) is 0 Å². The third kappa shape index (κ3) is 5.78. The van der Waals surface area contributed by atoms with Crippen molar-refractivity contribution in [3.05, 3.63) is 53.6 Å². The SMILES string of the molecule is CCOc1ccc(S(=O)(=O)N[C@H](C)C(=O)Nc2ccc(C(=O)OC)cc2)cc1C. The van der Waals surface area contributed by atoms with E-state index in [1.165, 1.54) is 50.4 Å². The number of sulfonamides is 1. The lowest BCUT2D eigenvalue weighted by atomic mass is 10.2. The van der Waals surface area contributed by atoms with Gasteiger partial charge in [0.2, 0.25) is 15.9 Å². The van der Waals surface area contributed by atoms with Gasteiger partial charge in [-0.3, -0.25) is 4.79 Å².